The molecule has 2 aliphatic rings. The summed E-state index contributed by atoms with van der Waals surface area (Å²) >= 11 is 0. The minimum Gasteiger partial charge on any atom is -0.405 e. The van der Waals surface area contributed by atoms with Gasteiger partial charge in [-0.2, -0.15) is 4.98 Å². The predicted molar refractivity (Wildman–Crippen MR) is 142 cm³/mol. The van der Waals surface area contributed by atoms with Crippen LogP contribution in [0, 0.1) is 16.0 Å². The van der Waals surface area contributed by atoms with Gasteiger partial charge >= 0.3 is 12.0 Å². The van der Waals surface area contributed by atoms with E-state index >= 15 is 0 Å². The number of rotatable bonds is 10. The number of amides is 1. The Labute approximate surface area is 230 Å². The number of anilines is 2. The molecule has 1 atom stereocenters. The molecule has 2 N–H and O–H groups in total. The number of halogens is 3. The quantitative estimate of drug-likeness (QED) is 0.318. The monoisotopic (exact) mass is 565 g/mol. The maximum atomic E-state index is 12.7. The number of carbonyl (C=O) groups is 1. The van der Waals surface area contributed by atoms with Crippen molar-refractivity contribution < 1.29 is 27.6 Å². The summed E-state index contributed by atoms with van der Waals surface area (Å²) < 4.78 is 42.2. The van der Waals surface area contributed by atoms with Crippen LogP contribution in [0.1, 0.15) is 44.1 Å². The highest BCUT2D eigenvalue weighted by Crippen LogP contribution is 2.33. The number of nitro groups is 1. The highest BCUT2D eigenvalue weighted by Gasteiger charge is 2.37. The van der Waals surface area contributed by atoms with Gasteiger partial charge in [-0.15, -0.1) is 13.2 Å². The van der Waals surface area contributed by atoms with E-state index in [1.165, 1.54) is 18.2 Å². The minimum atomic E-state index is -4.84. The molecule has 4 rings (SSSR count). The SMILES string of the molecule is CN(C)C(=O)[C@@H]1CCCN1C1CCC(CNc2nc(NCc3ccccc3OC(F)(F)F)ncc2[N+](=O)[O-])CC1. The number of aromatic nitrogens is 2. The molecule has 1 saturated carbocycles. The molecule has 1 aliphatic heterocycles. The Morgan fingerprint density at radius 2 is 1.90 bits per heavy atom. The molecule has 14 heteroatoms. The average Bonchev–Trinajstić information content (AvgIpc) is 3.40. The van der Waals surface area contributed by atoms with E-state index in [0.29, 0.717) is 12.6 Å². The van der Waals surface area contributed by atoms with Gasteiger partial charge < -0.3 is 20.3 Å². The zero-order chi connectivity index (χ0) is 28.9. The van der Waals surface area contributed by atoms with Crippen molar-refractivity contribution in [2.45, 2.75) is 63.5 Å². The van der Waals surface area contributed by atoms with Crippen LogP contribution < -0.4 is 15.4 Å². The number of likely N-dealkylation sites (N-methyl/N-ethyl adjacent to an activating group) is 1. The zero-order valence-electron chi connectivity index (χ0n) is 22.5. The number of likely N-dealkylation sites (tertiary alicyclic amines) is 1. The number of alkyl halides is 3. The third-order valence-corrected chi connectivity index (χ3v) is 7.46. The molecule has 218 valence electrons. The van der Waals surface area contributed by atoms with Crippen LogP contribution in [-0.2, 0) is 11.3 Å². The third-order valence-electron chi connectivity index (χ3n) is 7.46. The molecule has 11 nitrogen and oxygen atoms in total. The van der Waals surface area contributed by atoms with Gasteiger partial charge in [0.2, 0.25) is 17.7 Å². The van der Waals surface area contributed by atoms with Crippen LogP contribution in [-0.4, -0.2) is 76.2 Å². The van der Waals surface area contributed by atoms with Crippen molar-refractivity contribution in [3.05, 3.63) is 46.1 Å². The van der Waals surface area contributed by atoms with E-state index in [1.807, 2.05) is 0 Å². The summed E-state index contributed by atoms with van der Waals surface area (Å²) in [5, 5.41) is 17.5. The number of benzene rings is 1. The highest BCUT2D eigenvalue weighted by atomic mass is 19.4. The van der Waals surface area contributed by atoms with E-state index in [2.05, 4.69) is 30.2 Å². The number of ether oxygens (including phenoxy) is 1. The van der Waals surface area contributed by atoms with E-state index in [9.17, 15) is 28.1 Å². The van der Waals surface area contributed by atoms with Crippen molar-refractivity contribution in [2.24, 2.45) is 5.92 Å². The standard InChI is InChI=1S/C26H34F3N7O4/c1-34(2)24(37)20-7-5-13-35(20)19-11-9-17(10-12-19)14-30-23-21(36(38)39)16-32-25(33-23)31-15-18-6-3-4-8-22(18)40-26(27,28)29/h3-4,6,8,16-17,19-20H,5,7,9-15H2,1-2H3,(H2,30,31,32,33)/t17?,19?,20-/m0/s1. The zero-order valence-corrected chi connectivity index (χ0v) is 22.5. The lowest BCUT2D eigenvalue weighted by Crippen LogP contribution is -2.48. The van der Waals surface area contributed by atoms with Gasteiger partial charge in [0.05, 0.1) is 11.0 Å². The van der Waals surface area contributed by atoms with Gasteiger partial charge in [-0.1, -0.05) is 18.2 Å². The van der Waals surface area contributed by atoms with Crippen LogP contribution in [0.2, 0.25) is 0 Å². The largest absolute Gasteiger partial charge is 0.573 e. The Bertz CT molecular complexity index is 1190. The molecule has 0 spiro atoms. The van der Waals surface area contributed by atoms with Gasteiger partial charge in [-0.25, -0.2) is 4.98 Å². The summed E-state index contributed by atoms with van der Waals surface area (Å²) in [5.74, 6) is 0.145. The summed E-state index contributed by atoms with van der Waals surface area (Å²) in [7, 11) is 3.58. The second-order valence-corrected chi connectivity index (χ2v) is 10.4. The molecule has 2 aromatic rings. The first-order chi connectivity index (χ1) is 19.0. The third kappa shape index (κ3) is 7.49. The molecule has 1 aromatic heterocycles. The number of carbonyl (C=O) groups excluding carboxylic acids is 1. The summed E-state index contributed by atoms with van der Waals surface area (Å²) in [4.78, 5) is 35.8. The van der Waals surface area contributed by atoms with Crippen LogP contribution in [0.25, 0.3) is 0 Å². The summed E-state index contributed by atoms with van der Waals surface area (Å²) in [6, 6.07) is 5.96. The molecule has 1 saturated heterocycles. The molecular formula is C26H34F3N7O4. The van der Waals surface area contributed by atoms with Crippen LogP contribution in [0.15, 0.2) is 30.5 Å². The number of hydrogen-bond donors (Lipinski definition) is 2. The molecule has 0 bridgehead atoms. The van der Waals surface area contributed by atoms with Gasteiger partial charge in [-0.3, -0.25) is 19.8 Å². The number of nitrogens with zero attached hydrogens (tertiary/aromatic N) is 5. The van der Waals surface area contributed by atoms with E-state index in [4.69, 9.17) is 0 Å². The average molecular weight is 566 g/mol. The minimum absolute atomic E-state index is 0.0317. The van der Waals surface area contributed by atoms with E-state index in [0.717, 1.165) is 51.3 Å². The van der Waals surface area contributed by atoms with Crippen LogP contribution in [0.5, 0.6) is 5.75 Å². The molecule has 1 aliphatic carbocycles. The van der Waals surface area contributed by atoms with Gasteiger partial charge in [-0.05, 0) is 57.1 Å². The number of nitrogens with one attached hydrogen (secondary N) is 2. The van der Waals surface area contributed by atoms with Crippen molar-refractivity contribution >= 4 is 23.4 Å². The second-order valence-electron chi connectivity index (χ2n) is 10.4. The first-order valence-corrected chi connectivity index (χ1v) is 13.3. The van der Waals surface area contributed by atoms with Crippen molar-refractivity contribution in [1.29, 1.82) is 0 Å². The Morgan fingerprint density at radius 3 is 2.58 bits per heavy atom. The molecule has 2 heterocycles. The van der Waals surface area contributed by atoms with Gasteiger partial charge in [0.25, 0.3) is 0 Å². The lowest BCUT2D eigenvalue weighted by atomic mass is 9.85. The van der Waals surface area contributed by atoms with E-state index in [1.54, 1.807) is 25.1 Å². The van der Waals surface area contributed by atoms with Crippen molar-refractivity contribution in [1.82, 2.24) is 19.8 Å². The molecule has 0 radical (unpaired) electrons. The molecule has 40 heavy (non-hydrogen) atoms. The van der Waals surface area contributed by atoms with Gasteiger partial charge in [0.1, 0.15) is 11.9 Å². The lowest BCUT2D eigenvalue weighted by Gasteiger charge is -2.38. The Morgan fingerprint density at radius 1 is 1.18 bits per heavy atom. The smallest absolute Gasteiger partial charge is 0.405 e. The molecule has 0 unspecified atom stereocenters. The Balaban J connectivity index is 1.35. The Kier molecular flexibility index (Phi) is 9.28. The summed E-state index contributed by atoms with van der Waals surface area (Å²) in [6.45, 7) is 1.32. The highest BCUT2D eigenvalue weighted by molar-refractivity contribution is 5.81. The summed E-state index contributed by atoms with van der Waals surface area (Å²) in [5.41, 5.74) is -0.0669. The molecule has 1 aromatic carbocycles. The fourth-order valence-electron chi connectivity index (χ4n) is 5.48. The summed E-state index contributed by atoms with van der Waals surface area (Å²) in [6.07, 6.45) is 1.85. The van der Waals surface area contributed by atoms with Gasteiger partial charge in [0.15, 0.2) is 0 Å². The molecular weight excluding hydrogens is 531 g/mol. The van der Waals surface area contributed by atoms with Crippen molar-refractivity contribution in [2.75, 3.05) is 37.8 Å². The fourth-order valence-corrected chi connectivity index (χ4v) is 5.48. The number of para-hydroxylation sites is 1. The topological polar surface area (TPSA) is 126 Å². The van der Waals surface area contributed by atoms with E-state index < -0.39 is 11.3 Å². The van der Waals surface area contributed by atoms with Crippen LogP contribution in [0.3, 0.4) is 0 Å². The van der Waals surface area contributed by atoms with Crippen molar-refractivity contribution in [3.8, 4) is 5.75 Å². The predicted octanol–water partition coefficient (Wildman–Crippen LogP) is 4.42. The first kappa shape index (κ1) is 29.3. The van der Waals surface area contributed by atoms with Crippen LogP contribution in [0.4, 0.5) is 30.6 Å². The maximum absolute atomic E-state index is 12.7. The number of hydrogen-bond acceptors (Lipinski definition) is 9. The van der Waals surface area contributed by atoms with E-state index in [-0.39, 0.29) is 53.2 Å². The normalized spacial score (nSPS) is 21.6. The fraction of sp³-hybridized carbons (Fsp3) is 0.577. The maximum Gasteiger partial charge on any atom is 0.573 e. The van der Waals surface area contributed by atoms with Crippen molar-refractivity contribution in [3.63, 3.8) is 0 Å². The molecule has 1 amide bonds. The van der Waals surface area contributed by atoms with Gasteiger partial charge in [0, 0.05) is 38.8 Å². The molecule has 2 fully saturated rings. The first-order valence-electron chi connectivity index (χ1n) is 13.3. The van der Waals surface area contributed by atoms with Crippen LogP contribution >= 0.6 is 0 Å². The lowest BCUT2D eigenvalue weighted by molar-refractivity contribution is -0.384. The Hall–Kier alpha value is -3.68. The second kappa shape index (κ2) is 12.7.